The van der Waals surface area contributed by atoms with Crippen molar-refractivity contribution >= 4 is 10.0 Å². The maximum Gasteiger partial charge on any atom is 0.245 e. The van der Waals surface area contributed by atoms with Crippen LogP contribution in [0.5, 0.6) is 0 Å². The summed E-state index contributed by atoms with van der Waals surface area (Å²) < 4.78 is 40.1. The summed E-state index contributed by atoms with van der Waals surface area (Å²) in [6, 6.07) is 4.30. The Labute approximate surface area is 113 Å². The molecule has 1 saturated heterocycles. The van der Waals surface area contributed by atoms with Crippen LogP contribution >= 0.6 is 0 Å². The third kappa shape index (κ3) is 3.13. The standard InChI is InChI=1S/C13H19FN2O2S/c1-15-10-11-5-6-13(12(14)9-11)19(17,18)16-7-3-2-4-8-16/h5-6,9,15H,2-4,7-8,10H2,1H3. The Morgan fingerprint density at radius 3 is 2.53 bits per heavy atom. The van der Waals surface area contributed by atoms with Crippen molar-refractivity contribution < 1.29 is 12.8 Å². The molecule has 0 atom stereocenters. The monoisotopic (exact) mass is 286 g/mol. The van der Waals surface area contributed by atoms with Crippen molar-refractivity contribution in [1.29, 1.82) is 0 Å². The van der Waals surface area contributed by atoms with E-state index in [1.54, 1.807) is 13.1 Å². The summed E-state index contributed by atoms with van der Waals surface area (Å²) in [5.74, 6) is -0.668. The van der Waals surface area contributed by atoms with Gasteiger partial charge in [0, 0.05) is 19.6 Å². The smallest absolute Gasteiger partial charge is 0.245 e. The molecule has 2 rings (SSSR count). The lowest BCUT2D eigenvalue weighted by molar-refractivity contribution is 0.345. The minimum absolute atomic E-state index is 0.214. The molecule has 0 aliphatic carbocycles. The quantitative estimate of drug-likeness (QED) is 0.917. The highest BCUT2D eigenvalue weighted by Crippen LogP contribution is 2.23. The molecule has 0 spiro atoms. The highest BCUT2D eigenvalue weighted by atomic mass is 32.2. The molecule has 19 heavy (non-hydrogen) atoms. The summed E-state index contributed by atoms with van der Waals surface area (Å²) in [5, 5.41) is 2.91. The number of rotatable bonds is 4. The second-order valence-electron chi connectivity index (χ2n) is 4.76. The lowest BCUT2D eigenvalue weighted by Crippen LogP contribution is -2.36. The van der Waals surface area contributed by atoms with E-state index in [2.05, 4.69) is 5.32 Å². The van der Waals surface area contributed by atoms with Gasteiger partial charge in [-0.3, -0.25) is 0 Å². The van der Waals surface area contributed by atoms with Gasteiger partial charge in [-0.05, 0) is 37.6 Å². The maximum atomic E-state index is 14.0. The SMILES string of the molecule is CNCc1ccc(S(=O)(=O)N2CCCCC2)c(F)c1. The van der Waals surface area contributed by atoms with Gasteiger partial charge in [0.05, 0.1) is 0 Å². The van der Waals surface area contributed by atoms with Crippen molar-refractivity contribution in [2.75, 3.05) is 20.1 Å². The van der Waals surface area contributed by atoms with E-state index in [1.807, 2.05) is 0 Å². The molecule has 0 amide bonds. The van der Waals surface area contributed by atoms with Crippen LogP contribution in [0.3, 0.4) is 0 Å². The first-order valence-corrected chi connectivity index (χ1v) is 7.93. The van der Waals surface area contributed by atoms with Crippen LogP contribution in [-0.2, 0) is 16.6 Å². The van der Waals surface area contributed by atoms with Crippen molar-refractivity contribution in [2.45, 2.75) is 30.7 Å². The highest BCUT2D eigenvalue weighted by molar-refractivity contribution is 7.89. The van der Waals surface area contributed by atoms with E-state index in [9.17, 15) is 12.8 Å². The molecule has 0 radical (unpaired) electrons. The zero-order valence-corrected chi connectivity index (χ0v) is 11.8. The Kier molecular flexibility index (Phi) is 4.54. The van der Waals surface area contributed by atoms with Gasteiger partial charge in [-0.1, -0.05) is 12.5 Å². The van der Waals surface area contributed by atoms with Crippen LogP contribution in [0.25, 0.3) is 0 Å². The van der Waals surface area contributed by atoms with E-state index in [-0.39, 0.29) is 4.90 Å². The molecule has 1 N–H and O–H groups in total. The van der Waals surface area contributed by atoms with Gasteiger partial charge >= 0.3 is 0 Å². The topological polar surface area (TPSA) is 49.4 Å². The number of halogens is 1. The molecule has 0 unspecified atom stereocenters. The Hall–Kier alpha value is -0.980. The van der Waals surface area contributed by atoms with Gasteiger partial charge in [0.25, 0.3) is 0 Å². The third-order valence-electron chi connectivity index (χ3n) is 3.31. The predicted molar refractivity (Wildman–Crippen MR) is 71.8 cm³/mol. The molecule has 1 aliphatic heterocycles. The summed E-state index contributed by atoms with van der Waals surface area (Å²) >= 11 is 0. The first-order chi connectivity index (χ1) is 9.05. The Balaban J connectivity index is 2.29. The number of nitrogens with one attached hydrogen (secondary N) is 1. The Bertz CT molecular complexity index is 540. The van der Waals surface area contributed by atoms with Crippen LogP contribution in [-0.4, -0.2) is 32.9 Å². The van der Waals surface area contributed by atoms with Crippen LogP contribution in [0.1, 0.15) is 24.8 Å². The van der Waals surface area contributed by atoms with Crippen molar-refractivity contribution in [3.05, 3.63) is 29.6 Å². The van der Waals surface area contributed by atoms with E-state index >= 15 is 0 Å². The lowest BCUT2D eigenvalue weighted by Gasteiger charge is -2.26. The highest BCUT2D eigenvalue weighted by Gasteiger charge is 2.28. The molecule has 4 nitrogen and oxygen atoms in total. The number of piperidine rings is 1. The van der Waals surface area contributed by atoms with Crippen molar-refractivity contribution in [3.8, 4) is 0 Å². The molecule has 1 heterocycles. The van der Waals surface area contributed by atoms with Gasteiger partial charge < -0.3 is 5.32 Å². The van der Waals surface area contributed by atoms with E-state index in [1.165, 1.54) is 16.4 Å². The minimum atomic E-state index is -3.69. The molecule has 1 fully saturated rings. The van der Waals surface area contributed by atoms with Crippen LogP contribution in [0.15, 0.2) is 23.1 Å². The van der Waals surface area contributed by atoms with Crippen LogP contribution in [0.4, 0.5) is 4.39 Å². The number of sulfonamides is 1. The molecule has 0 bridgehead atoms. The van der Waals surface area contributed by atoms with Crippen LogP contribution < -0.4 is 5.32 Å². The summed E-state index contributed by atoms with van der Waals surface area (Å²) in [6.07, 6.45) is 2.73. The first kappa shape index (κ1) is 14.4. The average molecular weight is 286 g/mol. The first-order valence-electron chi connectivity index (χ1n) is 6.49. The second kappa shape index (κ2) is 5.98. The van der Waals surface area contributed by atoms with Gasteiger partial charge in [-0.2, -0.15) is 4.31 Å². The van der Waals surface area contributed by atoms with Crippen LogP contribution in [0, 0.1) is 5.82 Å². The molecular weight excluding hydrogens is 267 g/mol. The zero-order chi connectivity index (χ0) is 13.9. The zero-order valence-electron chi connectivity index (χ0n) is 11.0. The fraction of sp³-hybridized carbons (Fsp3) is 0.538. The van der Waals surface area contributed by atoms with E-state index in [0.29, 0.717) is 19.6 Å². The van der Waals surface area contributed by atoms with Gasteiger partial charge in [-0.25, -0.2) is 12.8 Å². The van der Waals surface area contributed by atoms with E-state index < -0.39 is 15.8 Å². The normalized spacial score (nSPS) is 17.6. The molecule has 106 valence electrons. The third-order valence-corrected chi connectivity index (χ3v) is 5.24. The van der Waals surface area contributed by atoms with E-state index in [0.717, 1.165) is 24.8 Å². The number of nitrogens with zero attached hydrogens (tertiary/aromatic N) is 1. The molecule has 1 aliphatic rings. The lowest BCUT2D eigenvalue weighted by atomic mass is 10.2. The van der Waals surface area contributed by atoms with Gasteiger partial charge in [0.1, 0.15) is 10.7 Å². The summed E-state index contributed by atoms with van der Waals surface area (Å²) in [6.45, 7) is 1.49. The van der Waals surface area contributed by atoms with Gasteiger partial charge in [-0.15, -0.1) is 0 Å². The van der Waals surface area contributed by atoms with Gasteiger partial charge in [0.15, 0.2) is 0 Å². The average Bonchev–Trinajstić information content (AvgIpc) is 2.40. The van der Waals surface area contributed by atoms with Crippen molar-refractivity contribution in [1.82, 2.24) is 9.62 Å². The summed E-state index contributed by atoms with van der Waals surface area (Å²) in [5.41, 5.74) is 0.734. The van der Waals surface area contributed by atoms with Crippen molar-refractivity contribution in [2.24, 2.45) is 0 Å². The number of hydrogen-bond donors (Lipinski definition) is 1. The minimum Gasteiger partial charge on any atom is -0.316 e. The van der Waals surface area contributed by atoms with Crippen LogP contribution in [0.2, 0.25) is 0 Å². The molecule has 0 aromatic heterocycles. The van der Waals surface area contributed by atoms with E-state index in [4.69, 9.17) is 0 Å². The second-order valence-corrected chi connectivity index (χ2v) is 6.67. The van der Waals surface area contributed by atoms with Gasteiger partial charge in [0.2, 0.25) is 10.0 Å². The Morgan fingerprint density at radius 2 is 1.95 bits per heavy atom. The maximum absolute atomic E-state index is 14.0. The molecular formula is C13H19FN2O2S. The largest absolute Gasteiger partial charge is 0.316 e. The summed E-state index contributed by atoms with van der Waals surface area (Å²) in [7, 11) is -1.93. The Morgan fingerprint density at radius 1 is 1.26 bits per heavy atom. The fourth-order valence-electron chi connectivity index (χ4n) is 2.31. The van der Waals surface area contributed by atoms with Crippen molar-refractivity contribution in [3.63, 3.8) is 0 Å². The number of hydrogen-bond acceptors (Lipinski definition) is 3. The number of benzene rings is 1. The fourth-order valence-corrected chi connectivity index (χ4v) is 3.87. The molecule has 1 aromatic rings. The molecule has 1 aromatic carbocycles. The molecule has 6 heteroatoms. The predicted octanol–water partition coefficient (Wildman–Crippen LogP) is 1.72. The summed E-state index contributed by atoms with van der Waals surface area (Å²) in [4.78, 5) is -0.214. The molecule has 0 saturated carbocycles.